The second-order valence-corrected chi connectivity index (χ2v) is 6.53. The first kappa shape index (κ1) is 15.7. The minimum Gasteiger partial charge on any atom is -0.355 e. The van der Waals surface area contributed by atoms with Crippen molar-refractivity contribution in [1.29, 1.82) is 0 Å². The molecule has 0 radical (unpaired) electrons. The molecular formula is C24H23N. The van der Waals surface area contributed by atoms with E-state index in [2.05, 4.69) is 90.3 Å². The molecule has 0 aliphatic heterocycles. The lowest BCUT2D eigenvalue weighted by molar-refractivity contribution is 0.885. The van der Waals surface area contributed by atoms with Crippen LogP contribution in [0.4, 0.5) is 5.69 Å². The van der Waals surface area contributed by atoms with Gasteiger partial charge in [0, 0.05) is 16.9 Å². The van der Waals surface area contributed by atoms with Gasteiger partial charge in [0.15, 0.2) is 0 Å². The molecule has 0 bridgehead atoms. The van der Waals surface area contributed by atoms with E-state index in [0.717, 1.165) is 25.7 Å². The molecule has 0 heterocycles. The van der Waals surface area contributed by atoms with Crippen LogP contribution in [0, 0.1) is 0 Å². The molecule has 124 valence electrons. The Balaban J connectivity index is 1.72. The van der Waals surface area contributed by atoms with Gasteiger partial charge in [0.05, 0.1) is 0 Å². The van der Waals surface area contributed by atoms with Gasteiger partial charge >= 0.3 is 0 Å². The Bertz CT molecular complexity index is 866. The molecule has 2 aromatic rings. The highest BCUT2D eigenvalue weighted by Gasteiger charge is 2.15. The van der Waals surface area contributed by atoms with Crippen LogP contribution in [-0.4, -0.2) is 0 Å². The molecule has 0 saturated heterocycles. The van der Waals surface area contributed by atoms with Crippen LogP contribution in [0.2, 0.25) is 0 Å². The Morgan fingerprint density at radius 3 is 2.40 bits per heavy atom. The normalized spacial score (nSPS) is 16.7. The molecule has 1 heteroatoms. The Labute approximate surface area is 150 Å². The highest BCUT2D eigenvalue weighted by atomic mass is 14.9. The number of allylic oxidation sites excluding steroid dienone is 7. The third kappa shape index (κ3) is 3.51. The van der Waals surface area contributed by atoms with E-state index in [1.807, 2.05) is 0 Å². The summed E-state index contributed by atoms with van der Waals surface area (Å²) in [6, 6.07) is 19.2. The Morgan fingerprint density at radius 2 is 1.56 bits per heavy atom. The number of anilines is 1. The summed E-state index contributed by atoms with van der Waals surface area (Å²) >= 11 is 0. The van der Waals surface area contributed by atoms with Gasteiger partial charge in [0.1, 0.15) is 0 Å². The predicted octanol–water partition coefficient (Wildman–Crippen LogP) is 6.65. The average Bonchev–Trinajstić information content (AvgIpc) is 2.70. The lowest BCUT2D eigenvalue weighted by Crippen LogP contribution is -2.08. The summed E-state index contributed by atoms with van der Waals surface area (Å²) in [5, 5.41) is 3.72. The third-order valence-electron chi connectivity index (χ3n) is 4.85. The molecular weight excluding hydrogens is 302 g/mol. The van der Waals surface area contributed by atoms with Crippen molar-refractivity contribution in [3.63, 3.8) is 0 Å². The molecule has 1 nitrogen and oxygen atoms in total. The van der Waals surface area contributed by atoms with Gasteiger partial charge in [-0.2, -0.15) is 0 Å². The lowest BCUT2D eigenvalue weighted by atomic mass is 9.89. The summed E-state index contributed by atoms with van der Waals surface area (Å²) in [5.41, 5.74) is 7.84. The van der Waals surface area contributed by atoms with E-state index < -0.39 is 0 Å². The first-order valence-electron chi connectivity index (χ1n) is 9.09. The van der Waals surface area contributed by atoms with Crippen LogP contribution < -0.4 is 5.32 Å². The Hall–Kier alpha value is -2.80. The van der Waals surface area contributed by atoms with Crippen molar-refractivity contribution in [3.8, 4) is 11.1 Å². The van der Waals surface area contributed by atoms with Crippen molar-refractivity contribution in [2.45, 2.75) is 25.7 Å². The third-order valence-corrected chi connectivity index (χ3v) is 4.85. The summed E-state index contributed by atoms with van der Waals surface area (Å²) in [4.78, 5) is 0. The van der Waals surface area contributed by atoms with Crippen LogP contribution in [0.3, 0.4) is 0 Å². The SMILES string of the molecule is C1=CCCC(C2=C(Nc3ccccc3-c3ccccc3)C=CCC2)=C1. The largest absolute Gasteiger partial charge is 0.355 e. The van der Waals surface area contributed by atoms with Crippen molar-refractivity contribution in [3.05, 3.63) is 102 Å². The van der Waals surface area contributed by atoms with Gasteiger partial charge in [0.25, 0.3) is 0 Å². The quantitative estimate of drug-likeness (QED) is 0.664. The fourth-order valence-corrected chi connectivity index (χ4v) is 3.58. The maximum Gasteiger partial charge on any atom is 0.0463 e. The number of benzene rings is 2. The molecule has 1 N–H and O–H groups in total. The van der Waals surface area contributed by atoms with E-state index in [1.54, 1.807) is 0 Å². The van der Waals surface area contributed by atoms with Gasteiger partial charge in [-0.05, 0) is 54.5 Å². The zero-order valence-corrected chi connectivity index (χ0v) is 14.4. The molecule has 0 saturated carbocycles. The topological polar surface area (TPSA) is 12.0 Å². The molecule has 4 rings (SSSR count). The van der Waals surface area contributed by atoms with Crippen molar-refractivity contribution in [1.82, 2.24) is 0 Å². The van der Waals surface area contributed by atoms with Crippen LogP contribution in [0.25, 0.3) is 11.1 Å². The molecule has 2 aromatic carbocycles. The highest BCUT2D eigenvalue weighted by molar-refractivity contribution is 5.79. The first-order chi connectivity index (χ1) is 12.4. The summed E-state index contributed by atoms with van der Waals surface area (Å²) in [7, 11) is 0. The van der Waals surface area contributed by atoms with E-state index in [0.29, 0.717) is 0 Å². The molecule has 0 unspecified atom stereocenters. The standard InChI is InChI=1S/C24H23N/c1-3-11-19(12-4-1)21-15-7-9-17-23(21)25-24-18-10-8-16-22(24)20-13-5-2-6-14-20/h1-5,7,9-13,15,17-18,25H,6,8,14,16H2. The highest BCUT2D eigenvalue weighted by Crippen LogP contribution is 2.34. The molecule has 0 amide bonds. The van der Waals surface area contributed by atoms with Crippen LogP contribution in [0.1, 0.15) is 25.7 Å². The second kappa shape index (κ2) is 7.40. The lowest BCUT2D eigenvalue weighted by Gasteiger charge is -2.22. The van der Waals surface area contributed by atoms with Crippen molar-refractivity contribution in [2.75, 3.05) is 5.32 Å². The van der Waals surface area contributed by atoms with Gasteiger partial charge in [0.2, 0.25) is 0 Å². The van der Waals surface area contributed by atoms with E-state index in [9.17, 15) is 0 Å². The zero-order valence-electron chi connectivity index (χ0n) is 14.4. The van der Waals surface area contributed by atoms with E-state index in [-0.39, 0.29) is 0 Å². The molecule has 0 spiro atoms. The summed E-state index contributed by atoms with van der Waals surface area (Å²) in [6.07, 6.45) is 15.8. The fourth-order valence-electron chi connectivity index (χ4n) is 3.58. The summed E-state index contributed by atoms with van der Waals surface area (Å²) < 4.78 is 0. The van der Waals surface area contributed by atoms with Crippen molar-refractivity contribution >= 4 is 5.69 Å². The number of rotatable bonds is 4. The minimum atomic E-state index is 1.12. The van der Waals surface area contributed by atoms with Crippen LogP contribution >= 0.6 is 0 Å². The molecule has 0 fully saturated rings. The smallest absolute Gasteiger partial charge is 0.0463 e. The van der Waals surface area contributed by atoms with E-state index >= 15 is 0 Å². The van der Waals surface area contributed by atoms with Gasteiger partial charge in [-0.3, -0.25) is 0 Å². The summed E-state index contributed by atoms with van der Waals surface area (Å²) in [6.45, 7) is 0. The summed E-state index contributed by atoms with van der Waals surface area (Å²) in [5.74, 6) is 0. The van der Waals surface area contributed by atoms with E-state index in [1.165, 1.54) is 33.7 Å². The average molecular weight is 325 g/mol. The van der Waals surface area contributed by atoms with Gasteiger partial charge in [-0.15, -0.1) is 0 Å². The van der Waals surface area contributed by atoms with Crippen LogP contribution in [0.5, 0.6) is 0 Å². The van der Waals surface area contributed by atoms with Crippen molar-refractivity contribution in [2.24, 2.45) is 0 Å². The van der Waals surface area contributed by atoms with E-state index in [4.69, 9.17) is 0 Å². The minimum absolute atomic E-state index is 1.12. The molecule has 25 heavy (non-hydrogen) atoms. The Morgan fingerprint density at radius 1 is 0.760 bits per heavy atom. The van der Waals surface area contributed by atoms with Gasteiger partial charge in [-0.1, -0.05) is 72.8 Å². The number of hydrogen-bond acceptors (Lipinski definition) is 1. The first-order valence-corrected chi connectivity index (χ1v) is 9.09. The number of nitrogens with one attached hydrogen (secondary N) is 1. The van der Waals surface area contributed by atoms with Crippen LogP contribution in [0.15, 0.2) is 102 Å². The molecule has 2 aliphatic rings. The maximum atomic E-state index is 3.72. The second-order valence-electron chi connectivity index (χ2n) is 6.53. The molecule has 2 aliphatic carbocycles. The monoisotopic (exact) mass is 325 g/mol. The zero-order chi connectivity index (χ0) is 16.9. The number of para-hydroxylation sites is 1. The predicted molar refractivity (Wildman–Crippen MR) is 107 cm³/mol. The van der Waals surface area contributed by atoms with Gasteiger partial charge in [-0.25, -0.2) is 0 Å². The molecule has 0 atom stereocenters. The fraction of sp³-hybridized carbons (Fsp3) is 0.167. The van der Waals surface area contributed by atoms with Crippen molar-refractivity contribution < 1.29 is 0 Å². The Kier molecular flexibility index (Phi) is 4.65. The van der Waals surface area contributed by atoms with Crippen LogP contribution in [-0.2, 0) is 0 Å². The van der Waals surface area contributed by atoms with Gasteiger partial charge < -0.3 is 5.32 Å². The number of hydrogen-bond donors (Lipinski definition) is 1. The maximum absolute atomic E-state index is 3.72. The molecule has 0 aromatic heterocycles.